The van der Waals surface area contributed by atoms with Gasteiger partial charge in [-0.25, -0.2) is 4.79 Å². The summed E-state index contributed by atoms with van der Waals surface area (Å²) in [6, 6.07) is 10.2. The van der Waals surface area contributed by atoms with Crippen LogP contribution in [0.4, 0.5) is 23.7 Å². The molecule has 33 heavy (non-hydrogen) atoms. The standard InChI is InChI=1S/C23H27F3N5O2/c1-15(2)12-20(17-9-7-10-18(13-17)23(24,25)26)27-33-14-19-16(3)8-6-11-21(19)31(5)22(32)30(4)28-29-31/h6-11,13,15H,12,14H2,1-5H3/q+1. The summed E-state index contributed by atoms with van der Waals surface area (Å²) in [5, 5.41) is 13.3. The minimum Gasteiger partial charge on any atom is -0.390 e. The van der Waals surface area contributed by atoms with Crippen LogP contribution >= 0.6 is 0 Å². The number of hydrogen-bond acceptors (Lipinski definition) is 5. The van der Waals surface area contributed by atoms with Gasteiger partial charge >= 0.3 is 12.2 Å². The van der Waals surface area contributed by atoms with Crippen molar-refractivity contribution in [3.63, 3.8) is 0 Å². The van der Waals surface area contributed by atoms with E-state index in [0.29, 0.717) is 28.9 Å². The maximum Gasteiger partial charge on any atom is 0.473 e. The van der Waals surface area contributed by atoms with Gasteiger partial charge in [-0.15, -0.1) is 0 Å². The van der Waals surface area contributed by atoms with Crippen molar-refractivity contribution in [2.24, 2.45) is 21.5 Å². The van der Waals surface area contributed by atoms with Crippen LogP contribution in [0.1, 0.15) is 42.5 Å². The lowest BCUT2D eigenvalue weighted by Crippen LogP contribution is -2.46. The minimum absolute atomic E-state index is 0.0168. The number of nitrogens with zero attached hydrogens (tertiary/aromatic N) is 5. The first kappa shape index (κ1) is 24.4. The van der Waals surface area contributed by atoms with E-state index in [1.165, 1.54) is 18.1 Å². The van der Waals surface area contributed by atoms with E-state index in [2.05, 4.69) is 15.6 Å². The molecule has 1 atom stereocenters. The van der Waals surface area contributed by atoms with E-state index in [-0.39, 0.29) is 18.6 Å². The van der Waals surface area contributed by atoms with Gasteiger partial charge in [0.25, 0.3) is 0 Å². The number of hydrogen-bond donors (Lipinski definition) is 0. The van der Waals surface area contributed by atoms with E-state index < -0.39 is 16.3 Å². The Morgan fingerprint density at radius 2 is 1.91 bits per heavy atom. The maximum atomic E-state index is 13.2. The van der Waals surface area contributed by atoms with Gasteiger partial charge in [0.15, 0.2) is 5.69 Å². The number of benzene rings is 2. The third kappa shape index (κ3) is 5.22. The monoisotopic (exact) mass is 462 g/mol. The van der Waals surface area contributed by atoms with E-state index in [0.717, 1.165) is 17.7 Å². The number of carbonyl (C=O) groups excluding carboxylic acids is 1. The van der Waals surface area contributed by atoms with Crippen molar-refractivity contribution >= 4 is 17.4 Å². The van der Waals surface area contributed by atoms with Gasteiger partial charge in [0.05, 0.1) is 22.1 Å². The van der Waals surface area contributed by atoms with Crippen molar-refractivity contribution in [2.45, 2.75) is 40.0 Å². The number of halogens is 3. The first-order valence-corrected chi connectivity index (χ1v) is 10.5. The van der Waals surface area contributed by atoms with Gasteiger partial charge in [0.2, 0.25) is 0 Å². The Kier molecular flexibility index (Phi) is 6.87. The lowest BCUT2D eigenvalue weighted by molar-refractivity contribution is -0.137. The Hall–Kier alpha value is -3.27. The molecular weight excluding hydrogens is 435 g/mol. The van der Waals surface area contributed by atoms with E-state index in [4.69, 9.17) is 4.84 Å². The van der Waals surface area contributed by atoms with Crippen molar-refractivity contribution in [2.75, 3.05) is 14.1 Å². The van der Waals surface area contributed by atoms with Gasteiger partial charge in [-0.1, -0.05) is 47.9 Å². The second kappa shape index (κ2) is 9.30. The second-order valence-electron chi connectivity index (χ2n) is 8.50. The van der Waals surface area contributed by atoms with Crippen LogP contribution in [0.2, 0.25) is 0 Å². The SMILES string of the molecule is Cc1cccc([N+]2(C)N=NN(C)C2=O)c1CON=C(CC(C)C)c1cccc(C(F)(F)F)c1. The van der Waals surface area contributed by atoms with Crippen LogP contribution in [0.3, 0.4) is 0 Å². The van der Waals surface area contributed by atoms with Crippen LogP contribution in [0, 0.1) is 12.8 Å². The molecule has 10 heteroatoms. The molecule has 1 aliphatic heterocycles. The predicted octanol–water partition coefficient (Wildman–Crippen LogP) is 6.27. The Morgan fingerprint density at radius 3 is 2.52 bits per heavy atom. The zero-order valence-corrected chi connectivity index (χ0v) is 19.2. The fourth-order valence-electron chi connectivity index (χ4n) is 3.58. The number of urea groups is 1. The number of oxime groups is 1. The highest BCUT2D eigenvalue weighted by Crippen LogP contribution is 2.34. The quantitative estimate of drug-likeness (QED) is 0.277. The molecule has 0 N–H and O–H groups in total. The lowest BCUT2D eigenvalue weighted by Gasteiger charge is -2.21. The normalized spacial score (nSPS) is 19.0. The zero-order valence-electron chi connectivity index (χ0n) is 19.2. The summed E-state index contributed by atoms with van der Waals surface area (Å²) in [4.78, 5) is 18.3. The highest BCUT2D eigenvalue weighted by atomic mass is 19.4. The van der Waals surface area contributed by atoms with Crippen LogP contribution < -0.4 is 4.59 Å². The molecule has 1 heterocycles. The molecule has 0 saturated heterocycles. The summed E-state index contributed by atoms with van der Waals surface area (Å²) < 4.78 is 39.1. The van der Waals surface area contributed by atoms with Crippen molar-refractivity contribution < 1.29 is 22.8 Å². The maximum absolute atomic E-state index is 13.2. The molecule has 0 aromatic heterocycles. The Morgan fingerprint density at radius 1 is 1.21 bits per heavy atom. The van der Waals surface area contributed by atoms with E-state index in [1.54, 1.807) is 19.2 Å². The van der Waals surface area contributed by atoms with Gasteiger partial charge in [-0.2, -0.15) is 18.2 Å². The van der Waals surface area contributed by atoms with Gasteiger partial charge in [0, 0.05) is 13.1 Å². The Labute approximate surface area is 190 Å². The van der Waals surface area contributed by atoms with Gasteiger partial charge in [-0.3, -0.25) is 0 Å². The fourth-order valence-corrected chi connectivity index (χ4v) is 3.58. The number of amides is 2. The average molecular weight is 462 g/mol. The molecule has 2 amide bonds. The van der Waals surface area contributed by atoms with E-state index in [9.17, 15) is 18.0 Å². The van der Waals surface area contributed by atoms with Crippen molar-refractivity contribution in [3.8, 4) is 0 Å². The molecule has 2 aromatic carbocycles. The van der Waals surface area contributed by atoms with Crippen LogP contribution in [0.25, 0.3) is 0 Å². The molecule has 2 aromatic rings. The van der Waals surface area contributed by atoms with Crippen molar-refractivity contribution in [1.82, 2.24) is 9.60 Å². The summed E-state index contributed by atoms with van der Waals surface area (Å²) >= 11 is 0. The molecule has 1 aliphatic rings. The topological polar surface area (TPSA) is 66.6 Å². The number of alkyl halides is 3. The summed E-state index contributed by atoms with van der Waals surface area (Å²) in [6.07, 6.45) is -4.01. The molecule has 0 radical (unpaired) electrons. The van der Waals surface area contributed by atoms with Crippen molar-refractivity contribution in [1.29, 1.82) is 0 Å². The number of rotatable bonds is 7. The van der Waals surface area contributed by atoms with E-state index in [1.807, 2.05) is 32.9 Å². The highest BCUT2D eigenvalue weighted by molar-refractivity contribution is 6.00. The third-order valence-electron chi connectivity index (χ3n) is 5.37. The first-order valence-electron chi connectivity index (χ1n) is 10.5. The molecule has 0 bridgehead atoms. The summed E-state index contributed by atoms with van der Waals surface area (Å²) in [5.74, 6) is 0.151. The first-order chi connectivity index (χ1) is 15.4. The number of carbonyl (C=O) groups is 1. The minimum atomic E-state index is -4.45. The molecule has 0 saturated carbocycles. The number of quaternary nitrogens is 1. The summed E-state index contributed by atoms with van der Waals surface area (Å²) in [6.45, 7) is 5.80. The molecular formula is C23H27F3N5O2+. The van der Waals surface area contributed by atoms with Crippen LogP contribution in [0.5, 0.6) is 0 Å². The molecule has 0 fully saturated rings. The summed E-state index contributed by atoms with van der Waals surface area (Å²) in [5.41, 5.74) is 2.20. The zero-order chi connectivity index (χ0) is 24.4. The molecule has 7 nitrogen and oxygen atoms in total. The van der Waals surface area contributed by atoms with Crippen molar-refractivity contribution in [3.05, 3.63) is 64.7 Å². The smallest absolute Gasteiger partial charge is 0.390 e. The molecule has 0 spiro atoms. The molecule has 3 rings (SSSR count). The van der Waals surface area contributed by atoms with E-state index >= 15 is 0 Å². The largest absolute Gasteiger partial charge is 0.473 e. The Bertz CT molecular complexity index is 1100. The average Bonchev–Trinajstić information content (AvgIpc) is 3.01. The van der Waals surface area contributed by atoms with Crippen LogP contribution in [-0.2, 0) is 17.6 Å². The summed E-state index contributed by atoms with van der Waals surface area (Å²) in [7, 11) is 3.16. The van der Waals surface area contributed by atoms with Crippen LogP contribution in [-0.4, -0.2) is 30.8 Å². The third-order valence-corrected chi connectivity index (χ3v) is 5.37. The lowest BCUT2D eigenvalue weighted by atomic mass is 9.99. The Balaban J connectivity index is 1.92. The fraction of sp³-hybridized carbons (Fsp3) is 0.391. The van der Waals surface area contributed by atoms with Crippen LogP contribution in [0.15, 0.2) is 58.1 Å². The second-order valence-corrected chi connectivity index (χ2v) is 8.50. The van der Waals surface area contributed by atoms with Gasteiger partial charge in [-0.05, 0) is 47.7 Å². The van der Waals surface area contributed by atoms with Gasteiger partial charge in [0.1, 0.15) is 13.7 Å². The highest BCUT2D eigenvalue weighted by Gasteiger charge is 2.46. The number of aryl methyl sites for hydroxylation is 1. The molecule has 0 aliphatic carbocycles. The van der Waals surface area contributed by atoms with Gasteiger partial charge < -0.3 is 4.84 Å². The molecule has 1 unspecified atom stereocenters. The molecule has 176 valence electrons. The predicted molar refractivity (Wildman–Crippen MR) is 119 cm³/mol.